The van der Waals surface area contributed by atoms with Gasteiger partial charge < -0.3 is 19.3 Å². The number of morpholine rings is 1. The normalized spacial score (nSPS) is 22.3. The minimum Gasteiger partial charge on any atom is -0.381 e. The van der Waals surface area contributed by atoms with Crippen molar-refractivity contribution in [2.24, 2.45) is 5.92 Å². The van der Waals surface area contributed by atoms with E-state index in [9.17, 15) is 4.79 Å². The molecule has 7 heteroatoms. The van der Waals surface area contributed by atoms with Gasteiger partial charge in [0, 0.05) is 44.3 Å². The van der Waals surface area contributed by atoms with E-state index in [2.05, 4.69) is 14.9 Å². The molecule has 24 heavy (non-hydrogen) atoms. The molecule has 0 atom stereocenters. The number of hydrogen-bond acceptors (Lipinski definition) is 6. The van der Waals surface area contributed by atoms with E-state index in [0.717, 1.165) is 63.6 Å². The molecule has 0 N–H and O–H groups in total. The summed E-state index contributed by atoms with van der Waals surface area (Å²) in [5, 5.41) is 0. The molecule has 2 saturated heterocycles. The highest BCUT2D eigenvalue weighted by Gasteiger charge is 2.31. The van der Waals surface area contributed by atoms with Gasteiger partial charge in [0.2, 0.25) is 5.91 Å². The maximum Gasteiger partial charge on any atom is 0.226 e. The van der Waals surface area contributed by atoms with Crippen LogP contribution < -0.4 is 4.90 Å². The quantitative estimate of drug-likeness (QED) is 0.791. The maximum absolute atomic E-state index is 12.7. The second-order valence-electron chi connectivity index (χ2n) is 6.62. The molecular weight excluding hydrogens is 308 g/mol. The van der Waals surface area contributed by atoms with E-state index in [1.165, 1.54) is 5.56 Å². The lowest BCUT2D eigenvalue weighted by atomic mass is 9.96. The summed E-state index contributed by atoms with van der Waals surface area (Å²) in [4.78, 5) is 26.0. The van der Waals surface area contributed by atoms with Crippen LogP contribution in [0.1, 0.15) is 24.1 Å². The number of anilines is 1. The van der Waals surface area contributed by atoms with Crippen molar-refractivity contribution in [3.8, 4) is 0 Å². The van der Waals surface area contributed by atoms with Gasteiger partial charge in [0.05, 0.1) is 25.5 Å². The van der Waals surface area contributed by atoms with Gasteiger partial charge in [-0.15, -0.1) is 0 Å². The minimum absolute atomic E-state index is 0.112. The minimum atomic E-state index is 0.112. The van der Waals surface area contributed by atoms with Crippen LogP contribution in [0, 0.1) is 5.92 Å². The fourth-order valence-corrected chi connectivity index (χ4v) is 3.78. The van der Waals surface area contributed by atoms with E-state index in [1.54, 1.807) is 6.33 Å². The first-order valence-electron chi connectivity index (χ1n) is 8.85. The molecular formula is C17H24N4O3. The lowest BCUT2D eigenvalue weighted by molar-refractivity contribution is -0.139. The number of nitrogens with zero attached hydrogens (tertiary/aromatic N) is 4. The highest BCUT2D eigenvalue weighted by Crippen LogP contribution is 2.28. The largest absolute Gasteiger partial charge is 0.381 e. The third-order valence-electron chi connectivity index (χ3n) is 5.18. The van der Waals surface area contributed by atoms with Crippen molar-refractivity contribution in [2.75, 3.05) is 51.0 Å². The molecule has 3 aliphatic heterocycles. The van der Waals surface area contributed by atoms with E-state index in [1.807, 2.05) is 4.90 Å². The van der Waals surface area contributed by atoms with Crippen molar-refractivity contribution in [1.29, 1.82) is 0 Å². The van der Waals surface area contributed by atoms with Crippen LogP contribution in [0.4, 0.5) is 5.82 Å². The van der Waals surface area contributed by atoms with Gasteiger partial charge in [-0.3, -0.25) is 4.79 Å². The molecule has 3 aliphatic rings. The molecule has 0 unspecified atom stereocenters. The zero-order chi connectivity index (χ0) is 16.4. The number of aromatic nitrogens is 2. The summed E-state index contributed by atoms with van der Waals surface area (Å²) in [5.41, 5.74) is 2.20. The number of carbonyl (C=O) groups excluding carboxylic acids is 1. The smallest absolute Gasteiger partial charge is 0.226 e. The molecule has 0 aliphatic carbocycles. The van der Waals surface area contributed by atoms with Crippen LogP contribution in [-0.2, 0) is 27.2 Å². The molecule has 0 bridgehead atoms. The highest BCUT2D eigenvalue weighted by atomic mass is 16.5. The van der Waals surface area contributed by atoms with Gasteiger partial charge in [-0.2, -0.15) is 0 Å². The Kier molecular flexibility index (Phi) is 4.62. The average Bonchev–Trinajstić information content (AvgIpc) is 2.68. The van der Waals surface area contributed by atoms with Crippen LogP contribution in [0.25, 0.3) is 0 Å². The van der Waals surface area contributed by atoms with E-state index in [4.69, 9.17) is 9.47 Å². The van der Waals surface area contributed by atoms with Crippen LogP contribution in [0.2, 0.25) is 0 Å². The van der Waals surface area contributed by atoms with Crippen molar-refractivity contribution in [2.45, 2.75) is 25.8 Å². The van der Waals surface area contributed by atoms with E-state index in [0.29, 0.717) is 19.8 Å². The van der Waals surface area contributed by atoms with Gasteiger partial charge in [-0.05, 0) is 19.3 Å². The van der Waals surface area contributed by atoms with E-state index < -0.39 is 0 Å². The van der Waals surface area contributed by atoms with E-state index >= 15 is 0 Å². The highest BCUT2D eigenvalue weighted by molar-refractivity contribution is 5.79. The molecule has 0 aromatic carbocycles. The van der Waals surface area contributed by atoms with Crippen molar-refractivity contribution >= 4 is 11.7 Å². The van der Waals surface area contributed by atoms with Gasteiger partial charge >= 0.3 is 0 Å². The lowest BCUT2D eigenvalue weighted by Gasteiger charge is -2.35. The third-order valence-corrected chi connectivity index (χ3v) is 5.18. The number of rotatable bonds is 2. The Morgan fingerprint density at radius 2 is 1.79 bits per heavy atom. The van der Waals surface area contributed by atoms with E-state index in [-0.39, 0.29) is 11.8 Å². The molecule has 0 saturated carbocycles. The molecule has 2 fully saturated rings. The second-order valence-corrected chi connectivity index (χ2v) is 6.62. The zero-order valence-electron chi connectivity index (χ0n) is 13.9. The molecule has 4 heterocycles. The summed E-state index contributed by atoms with van der Waals surface area (Å²) in [6.07, 6.45) is 4.14. The first-order chi connectivity index (χ1) is 11.8. The fraction of sp³-hybridized carbons (Fsp3) is 0.706. The number of ether oxygens (including phenoxy) is 2. The first kappa shape index (κ1) is 15.8. The van der Waals surface area contributed by atoms with Gasteiger partial charge in [-0.1, -0.05) is 0 Å². The average molecular weight is 332 g/mol. The standard InChI is InChI=1S/C17H24N4O3/c22-17(13-2-7-23-8-3-13)21-4-1-14-15(11-21)18-12-19-16(14)20-5-9-24-10-6-20/h12-13H,1-11H2. The van der Waals surface area contributed by atoms with Crippen molar-refractivity contribution < 1.29 is 14.3 Å². The number of hydrogen-bond donors (Lipinski definition) is 0. The fourth-order valence-electron chi connectivity index (χ4n) is 3.78. The number of amides is 1. The predicted octanol–water partition coefficient (Wildman–Crippen LogP) is 0.624. The summed E-state index contributed by atoms with van der Waals surface area (Å²) in [6.45, 7) is 5.98. The molecule has 7 nitrogen and oxygen atoms in total. The van der Waals surface area contributed by atoms with Gasteiger partial charge in [0.25, 0.3) is 0 Å². The van der Waals surface area contributed by atoms with Crippen molar-refractivity contribution in [3.63, 3.8) is 0 Å². The summed E-state index contributed by atoms with van der Waals surface area (Å²) >= 11 is 0. The van der Waals surface area contributed by atoms with Crippen LogP contribution in [0.5, 0.6) is 0 Å². The Bertz CT molecular complexity index is 597. The van der Waals surface area contributed by atoms with Crippen LogP contribution in [0.15, 0.2) is 6.33 Å². The SMILES string of the molecule is O=C(C1CCOCC1)N1CCc2c(ncnc2N2CCOCC2)C1. The summed E-state index contributed by atoms with van der Waals surface area (Å²) in [5.74, 6) is 1.40. The van der Waals surface area contributed by atoms with Gasteiger partial charge in [-0.25, -0.2) is 9.97 Å². The first-order valence-corrected chi connectivity index (χ1v) is 8.85. The zero-order valence-corrected chi connectivity index (χ0v) is 13.9. The maximum atomic E-state index is 12.7. The monoisotopic (exact) mass is 332 g/mol. The lowest BCUT2D eigenvalue weighted by Crippen LogP contribution is -2.43. The Labute approximate surface area is 142 Å². The Balaban J connectivity index is 1.50. The molecule has 0 radical (unpaired) electrons. The van der Waals surface area contributed by atoms with Crippen molar-refractivity contribution in [3.05, 3.63) is 17.6 Å². The number of fused-ring (bicyclic) bond motifs is 1. The van der Waals surface area contributed by atoms with Gasteiger partial charge in [0.15, 0.2) is 0 Å². The molecule has 1 aromatic heterocycles. The Morgan fingerprint density at radius 1 is 1.04 bits per heavy atom. The predicted molar refractivity (Wildman–Crippen MR) is 87.7 cm³/mol. The molecule has 0 spiro atoms. The second kappa shape index (κ2) is 7.03. The third kappa shape index (κ3) is 3.10. The Hall–Kier alpha value is -1.73. The molecule has 1 amide bonds. The van der Waals surface area contributed by atoms with Crippen LogP contribution in [-0.4, -0.2) is 66.8 Å². The van der Waals surface area contributed by atoms with Crippen LogP contribution in [0.3, 0.4) is 0 Å². The van der Waals surface area contributed by atoms with Crippen molar-refractivity contribution in [1.82, 2.24) is 14.9 Å². The molecule has 130 valence electrons. The molecule has 4 rings (SSSR count). The Morgan fingerprint density at radius 3 is 2.58 bits per heavy atom. The summed E-state index contributed by atoms with van der Waals surface area (Å²) < 4.78 is 10.8. The van der Waals surface area contributed by atoms with Crippen LogP contribution >= 0.6 is 0 Å². The topological polar surface area (TPSA) is 67.8 Å². The summed E-state index contributed by atoms with van der Waals surface area (Å²) in [6, 6.07) is 0. The van der Waals surface area contributed by atoms with Gasteiger partial charge in [0.1, 0.15) is 12.1 Å². The summed E-state index contributed by atoms with van der Waals surface area (Å²) in [7, 11) is 0. The molecule has 1 aromatic rings. The number of carbonyl (C=O) groups is 1.